The van der Waals surface area contributed by atoms with Crippen LogP contribution in [0.25, 0.3) is 22.3 Å². The molecule has 0 N–H and O–H groups in total. The van der Waals surface area contributed by atoms with Crippen LogP contribution in [-0.2, 0) is 12.8 Å². The molecule has 0 unspecified atom stereocenters. The molecule has 4 rings (SSSR count). The van der Waals surface area contributed by atoms with Crippen LogP contribution in [0.4, 0.5) is 0 Å². The highest BCUT2D eigenvalue weighted by atomic mass is 14.2. The number of hydrogen-bond donors (Lipinski definition) is 0. The van der Waals surface area contributed by atoms with Gasteiger partial charge in [0, 0.05) is 0 Å². The summed E-state index contributed by atoms with van der Waals surface area (Å²) in [5.74, 6) is 0. The molecule has 21 heavy (non-hydrogen) atoms. The zero-order valence-corrected chi connectivity index (χ0v) is 12.0. The summed E-state index contributed by atoms with van der Waals surface area (Å²) in [6.07, 6.45) is 3.51. The predicted octanol–water partition coefficient (Wildman–Crippen LogP) is 5.51. The van der Waals surface area contributed by atoms with E-state index in [2.05, 4.69) is 72.8 Å². The van der Waals surface area contributed by atoms with Gasteiger partial charge in [0.1, 0.15) is 0 Å². The maximum Gasteiger partial charge on any atom is -0.0103 e. The van der Waals surface area contributed by atoms with Crippen molar-refractivity contribution in [2.24, 2.45) is 0 Å². The predicted molar refractivity (Wildman–Crippen MR) is 89.3 cm³/mol. The van der Waals surface area contributed by atoms with E-state index in [4.69, 9.17) is 0 Å². The van der Waals surface area contributed by atoms with E-state index in [1.165, 1.54) is 39.8 Å². The molecule has 0 bridgehead atoms. The van der Waals surface area contributed by atoms with Crippen molar-refractivity contribution in [3.05, 3.63) is 83.9 Å². The molecule has 102 valence electrons. The number of rotatable bonds is 0. The molecule has 0 aliphatic heterocycles. The zero-order valence-electron chi connectivity index (χ0n) is 12.0. The number of fused-ring (bicyclic) bond motifs is 5. The molecule has 0 heteroatoms. The molecule has 0 heterocycles. The van der Waals surface area contributed by atoms with Crippen molar-refractivity contribution in [3.63, 3.8) is 0 Å². The Balaban J connectivity index is 2.04. The third-order valence-electron chi connectivity index (χ3n) is 4.43. The molecule has 0 fully saturated rings. The van der Waals surface area contributed by atoms with Gasteiger partial charge in [-0.05, 0) is 52.6 Å². The van der Waals surface area contributed by atoms with Crippen LogP contribution in [0.1, 0.15) is 17.5 Å². The van der Waals surface area contributed by atoms with Gasteiger partial charge in [-0.25, -0.2) is 0 Å². The minimum absolute atomic E-state index is 1.15. The summed E-state index contributed by atoms with van der Waals surface area (Å²) in [6, 6.07) is 26.5. The Morgan fingerprint density at radius 1 is 0.429 bits per heavy atom. The van der Waals surface area contributed by atoms with Crippen LogP contribution in [0.15, 0.2) is 72.8 Å². The Hall–Kier alpha value is -2.34. The molecule has 0 amide bonds. The zero-order chi connectivity index (χ0) is 14.1. The lowest BCUT2D eigenvalue weighted by Crippen LogP contribution is -1.91. The molecule has 0 spiro atoms. The number of benzene rings is 3. The normalized spacial score (nSPS) is 13.1. The molecule has 0 atom stereocenters. The first-order valence-corrected chi connectivity index (χ1v) is 7.69. The smallest absolute Gasteiger partial charge is 0.0103 e. The van der Waals surface area contributed by atoms with Gasteiger partial charge in [0.2, 0.25) is 0 Å². The molecule has 0 saturated heterocycles. The lowest BCUT2D eigenvalue weighted by molar-refractivity contribution is 0.824. The van der Waals surface area contributed by atoms with Gasteiger partial charge in [-0.15, -0.1) is 0 Å². The Kier molecular flexibility index (Phi) is 3.08. The third-order valence-corrected chi connectivity index (χ3v) is 4.43. The fourth-order valence-corrected chi connectivity index (χ4v) is 3.42. The highest BCUT2D eigenvalue weighted by Gasteiger charge is 2.15. The Bertz CT molecular complexity index is 717. The monoisotopic (exact) mass is 270 g/mol. The third kappa shape index (κ3) is 2.17. The molecule has 0 nitrogen and oxygen atoms in total. The summed E-state index contributed by atoms with van der Waals surface area (Å²) in [5, 5.41) is 0. The minimum Gasteiger partial charge on any atom is -0.0620 e. The first-order valence-electron chi connectivity index (χ1n) is 7.69. The van der Waals surface area contributed by atoms with E-state index in [0.29, 0.717) is 0 Å². The van der Waals surface area contributed by atoms with Crippen LogP contribution < -0.4 is 0 Å². The second-order valence-corrected chi connectivity index (χ2v) is 5.71. The van der Waals surface area contributed by atoms with Crippen molar-refractivity contribution in [2.75, 3.05) is 0 Å². The molecule has 0 aromatic heterocycles. The molecule has 1 aliphatic carbocycles. The van der Waals surface area contributed by atoms with Crippen LogP contribution >= 0.6 is 0 Å². The van der Waals surface area contributed by atoms with E-state index < -0.39 is 0 Å². The summed E-state index contributed by atoms with van der Waals surface area (Å²) in [7, 11) is 0. The molecular weight excluding hydrogens is 252 g/mol. The van der Waals surface area contributed by atoms with Crippen molar-refractivity contribution in [1.82, 2.24) is 0 Å². The Labute approximate surface area is 126 Å². The molecule has 3 aromatic rings. The van der Waals surface area contributed by atoms with Crippen LogP contribution in [-0.4, -0.2) is 0 Å². The highest BCUT2D eigenvalue weighted by Crippen LogP contribution is 2.37. The quantitative estimate of drug-likeness (QED) is 0.505. The molecule has 0 radical (unpaired) electrons. The number of aryl methyl sites for hydroxylation is 2. The molecular formula is C21H18. The topological polar surface area (TPSA) is 0 Å². The maximum atomic E-state index is 2.28. The van der Waals surface area contributed by atoms with Crippen LogP contribution in [0.3, 0.4) is 0 Å². The first kappa shape index (κ1) is 12.4. The van der Waals surface area contributed by atoms with Gasteiger partial charge in [0.05, 0.1) is 0 Å². The second kappa shape index (κ2) is 5.21. The van der Waals surface area contributed by atoms with Gasteiger partial charge in [0.15, 0.2) is 0 Å². The van der Waals surface area contributed by atoms with Gasteiger partial charge in [-0.2, -0.15) is 0 Å². The van der Waals surface area contributed by atoms with Gasteiger partial charge in [-0.3, -0.25) is 0 Å². The van der Waals surface area contributed by atoms with Crippen molar-refractivity contribution < 1.29 is 0 Å². The summed E-state index contributed by atoms with van der Waals surface area (Å²) in [6.45, 7) is 0. The number of hydrogen-bond acceptors (Lipinski definition) is 0. The van der Waals surface area contributed by atoms with Crippen LogP contribution in [0.5, 0.6) is 0 Å². The Morgan fingerprint density at radius 2 is 0.810 bits per heavy atom. The van der Waals surface area contributed by atoms with Gasteiger partial charge < -0.3 is 0 Å². The van der Waals surface area contributed by atoms with Gasteiger partial charge in [0.25, 0.3) is 0 Å². The van der Waals surface area contributed by atoms with E-state index >= 15 is 0 Å². The maximum absolute atomic E-state index is 2.28. The lowest BCUT2D eigenvalue weighted by Gasteiger charge is -2.13. The van der Waals surface area contributed by atoms with Crippen molar-refractivity contribution in [2.45, 2.75) is 19.3 Å². The standard InChI is InChI=1S/C21H18/c1-3-12-18-16(8-1)10-7-11-17-9-2-4-13-19(17)21-15-6-5-14-20(18)21/h1-6,8-9,12-15H,7,10-11H2. The second-order valence-electron chi connectivity index (χ2n) is 5.71. The fourth-order valence-electron chi connectivity index (χ4n) is 3.42. The van der Waals surface area contributed by atoms with Crippen LogP contribution in [0, 0.1) is 0 Å². The summed E-state index contributed by atoms with van der Waals surface area (Å²) >= 11 is 0. The van der Waals surface area contributed by atoms with E-state index in [9.17, 15) is 0 Å². The lowest BCUT2D eigenvalue weighted by atomic mass is 9.90. The van der Waals surface area contributed by atoms with E-state index in [1.807, 2.05) is 0 Å². The minimum atomic E-state index is 1.15. The van der Waals surface area contributed by atoms with E-state index in [1.54, 1.807) is 0 Å². The molecule has 1 aliphatic rings. The summed E-state index contributed by atoms with van der Waals surface area (Å²) in [5.41, 5.74) is 8.45. The SMILES string of the molecule is c1ccc2c(c1)CCCc1ccccc1-c1ccccc1-2. The summed E-state index contributed by atoms with van der Waals surface area (Å²) in [4.78, 5) is 0. The van der Waals surface area contributed by atoms with Crippen molar-refractivity contribution >= 4 is 0 Å². The van der Waals surface area contributed by atoms with E-state index in [0.717, 1.165) is 12.8 Å². The van der Waals surface area contributed by atoms with Gasteiger partial charge >= 0.3 is 0 Å². The average Bonchev–Trinajstić information content (AvgIpc) is 2.62. The molecule has 3 aromatic carbocycles. The van der Waals surface area contributed by atoms with Crippen molar-refractivity contribution in [1.29, 1.82) is 0 Å². The van der Waals surface area contributed by atoms with Crippen molar-refractivity contribution in [3.8, 4) is 22.3 Å². The van der Waals surface area contributed by atoms with Crippen LogP contribution in [0.2, 0.25) is 0 Å². The largest absolute Gasteiger partial charge is 0.0620 e. The highest BCUT2D eigenvalue weighted by molar-refractivity contribution is 5.86. The van der Waals surface area contributed by atoms with Gasteiger partial charge in [-0.1, -0.05) is 72.8 Å². The average molecular weight is 270 g/mol. The Morgan fingerprint density at radius 3 is 1.29 bits per heavy atom. The molecule has 0 saturated carbocycles. The summed E-state index contributed by atoms with van der Waals surface area (Å²) < 4.78 is 0. The fraction of sp³-hybridized carbons (Fsp3) is 0.143. The van der Waals surface area contributed by atoms with E-state index in [-0.39, 0.29) is 0 Å². The first-order chi connectivity index (χ1) is 10.4.